The first-order valence-electron chi connectivity index (χ1n) is 8.01. The maximum atomic E-state index is 8.07. The van der Waals surface area contributed by atoms with Gasteiger partial charge in [0.15, 0.2) is 0 Å². The van der Waals surface area contributed by atoms with Crippen molar-refractivity contribution in [3.63, 3.8) is 0 Å². The van der Waals surface area contributed by atoms with Gasteiger partial charge >= 0.3 is 0 Å². The van der Waals surface area contributed by atoms with Gasteiger partial charge in [-0.2, -0.15) is 0 Å². The molecule has 1 unspecified atom stereocenters. The Morgan fingerprint density at radius 3 is 2.45 bits per heavy atom. The van der Waals surface area contributed by atoms with Crippen molar-refractivity contribution in [1.82, 2.24) is 0 Å². The molecule has 0 aromatic carbocycles. The van der Waals surface area contributed by atoms with Crippen molar-refractivity contribution in [2.24, 2.45) is 16.1 Å². The number of nitrogens with zero attached hydrogens (tertiary/aromatic N) is 1. The van der Waals surface area contributed by atoms with Crippen LogP contribution in [-0.4, -0.2) is 17.0 Å². The van der Waals surface area contributed by atoms with E-state index < -0.39 is 0 Å². The summed E-state index contributed by atoms with van der Waals surface area (Å²) in [5.41, 5.74) is 9.17. The van der Waals surface area contributed by atoms with E-state index in [0.717, 1.165) is 30.7 Å². The smallest absolute Gasteiger partial charge is 0.0830 e. The lowest BCUT2D eigenvalue weighted by Crippen LogP contribution is -2.43. The van der Waals surface area contributed by atoms with Crippen molar-refractivity contribution < 1.29 is 0 Å². The fourth-order valence-corrected chi connectivity index (χ4v) is 3.08. The maximum absolute atomic E-state index is 8.07. The number of nitrogens with one attached hydrogen (secondary N) is 1. The summed E-state index contributed by atoms with van der Waals surface area (Å²) in [4.78, 5) is 4.98. The van der Waals surface area contributed by atoms with Gasteiger partial charge in [-0.1, -0.05) is 45.1 Å². The van der Waals surface area contributed by atoms with Crippen molar-refractivity contribution >= 4 is 11.4 Å². The van der Waals surface area contributed by atoms with E-state index in [0.29, 0.717) is 5.71 Å². The zero-order valence-corrected chi connectivity index (χ0v) is 14.1. The van der Waals surface area contributed by atoms with E-state index in [-0.39, 0.29) is 11.0 Å². The number of allylic oxidation sites excluding steroid dienone is 7. The minimum Gasteiger partial charge on any atom is -0.402 e. The van der Waals surface area contributed by atoms with E-state index in [2.05, 4.69) is 39.8 Å². The zero-order valence-electron chi connectivity index (χ0n) is 14.1. The van der Waals surface area contributed by atoms with Gasteiger partial charge in [-0.15, -0.1) is 0 Å². The van der Waals surface area contributed by atoms with Crippen LogP contribution in [0.2, 0.25) is 0 Å². The monoisotopic (exact) mass is 297 g/mol. The first kappa shape index (κ1) is 16.5. The van der Waals surface area contributed by atoms with E-state index in [1.165, 1.54) is 5.57 Å². The average molecular weight is 297 g/mol. The number of hydrogen-bond donors (Lipinski definition) is 2. The molecular weight excluding hydrogens is 270 g/mol. The first-order valence-corrected chi connectivity index (χ1v) is 8.01. The Morgan fingerprint density at radius 2 is 1.86 bits per heavy atom. The minimum atomic E-state index is -0.314. The zero-order chi connectivity index (χ0) is 16.4. The van der Waals surface area contributed by atoms with Crippen molar-refractivity contribution in [1.29, 1.82) is 5.41 Å². The molecule has 22 heavy (non-hydrogen) atoms. The average Bonchev–Trinajstić information content (AvgIpc) is 2.49. The quantitative estimate of drug-likeness (QED) is 0.745. The van der Waals surface area contributed by atoms with Crippen molar-refractivity contribution in [2.75, 3.05) is 0 Å². The van der Waals surface area contributed by atoms with Crippen LogP contribution in [0.5, 0.6) is 0 Å². The molecule has 0 radical (unpaired) electrons. The molecule has 0 bridgehead atoms. The molecule has 0 aromatic rings. The fraction of sp³-hybridized carbons (Fsp3) is 0.474. The SMILES string of the molecule is CCC(C)(N=C1C=CC=CC1=N)C(C)(C)C1=C(N)CCC=C1. The van der Waals surface area contributed by atoms with E-state index >= 15 is 0 Å². The summed E-state index contributed by atoms with van der Waals surface area (Å²) in [7, 11) is 0. The van der Waals surface area contributed by atoms with E-state index in [4.69, 9.17) is 16.1 Å². The molecule has 0 spiro atoms. The molecule has 3 heteroatoms. The molecule has 0 aromatic heterocycles. The van der Waals surface area contributed by atoms with Crippen LogP contribution in [0.25, 0.3) is 0 Å². The maximum Gasteiger partial charge on any atom is 0.0830 e. The van der Waals surface area contributed by atoms with Crippen LogP contribution >= 0.6 is 0 Å². The van der Waals surface area contributed by atoms with Crippen molar-refractivity contribution in [3.05, 3.63) is 47.7 Å². The summed E-state index contributed by atoms with van der Waals surface area (Å²) in [6.45, 7) is 8.75. The largest absolute Gasteiger partial charge is 0.402 e. The Kier molecular flexibility index (Phi) is 4.55. The Hall–Kier alpha value is -1.90. The third kappa shape index (κ3) is 2.85. The standard InChI is InChI=1S/C19H27N3/c1-5-19(4,22-17-13-9-8-12-16(17)21)18(2,3)14-10-6-7-11-15(14)20/h6,8-10,12-13,21H,5,7,11,20H2,1-4H3. The summed E-state index contributed by atoms with van der Waals surface area (Å²) in [5.74, 6) is 0. The van der Waals surface area contributed by atoms with Gasteiger partial charge in [0.1, 0.15) is 0 Å². The number of rotatable bonds is 4. The number of hydrogen-bond acceptors (Lipinski definition) is 3. The highest BCUT2D eigenvalue weighted by molar-refractivity contribution is 6.50. The second kappa shape index (κ2) is 6.07. The molecule has 0 fully saturated rings. The van der Waals surface area contributed by atoms with Crippen molar-refractivity contribution in [3.8, 4) is 0 Å². The van der Waals surface area contributed by atoms with Crippen molar-refractivity contribution in [2.45, 2.75) is 52.5 Å². The van der Waals surface area contributed by atoms with E-state index in [1.54, 1.807) is 6.08 Å². The molecular formula is C19H27N3. The molecule has 0 saturated carbocycles. The van der Waals surface area contributed by atoms with Gasteiger partial charge in [0, 0.05) is 11.1 Å². The Labute approximate surface area is 133 Å². The van der Waals surface area contributed by atoms with E-state index in [1.807, 2.05) is 18.2 Å². The highest BCUT2D eigenvalue weighted by atomic mass is 14.9. The predicted octanol–water partition coefficient (Wildman–Crippen LogP) is 4.33. The normalized spacial score (nSPS) is 23.3. The molecule has 2 aliphatic carbocycles. The molecule has 3 nitrogen and oxygen atoms in total. The molecule has 3 N–H and O–H groups in total. The number of aliphatic imine (C=N–C) groups is 1. The lowest BCUT2D eigenvalue weighted by atomic mass is 9.65. The topological polar surface area (TPSA) is 62.2 Å². The van der Waals surface area contributed by atoms with Crippen LogP contribution in [0.15, 0.2) is 52.7 Å². The summed E-state index contributed by atoms with van der Waals surface area (Å²) in [6.07, 6.45) is 14.7. The minimum absolute atomic E-state index is 0.189. The summed E-state index contributed by atoms with van der Waals surface area (Å²) >= 11 is 0. The molecule has 0 heterocycles. The second-order valence-electron chi connectivity index (χ2n) is 6.76. The first-order chi connectivity index (χ1) is 10.3. The van der Waals surface area contributed by atoms with Gasteiger partial charge in [0.25, 0.3) is 0 Å². The summed E-state index contributed by atoms with van der Waals surface area (Å²) in [6, 6.07) is 0. The summed E-state index contributed by atoms with van der Waals surface area (Å²) in [5, 5.41) is 8.07. The third-order valence-electron chi connectivity index (χ3n) is 5.19. The third-order valence-corrected chi connectivity index (χ3v) is 5.19. The lowest BCUT2D eigenvalue weighted by Gasteiger charge is -2.43. The second-order valence-corrected chi connectivity index (χ2v) is 6.76. The summed E-state index contributed by atoms with van der Waals surface area (Å²) < 4.78 is 0. The van der Waals surface area contributed by atoms with Crippen LogP contribution in [0, 0.1) is 10.8 Å². The van der Waals surface area contributed by atoms with Gasteiger partial charge in [-0.25, -0.2) is 0 Å². The lowest BCUT2D eigenvalue weighted by molar-refractivity contribution is 0.228. The Balaban J connectivity index is 2.47. The Morgan fingerprint density at radius 1 is 1.18 bits per heavy atom. The van der Waals surface area contributed by atoms with E-state index in [9.17, 15) is 0 Å². The van der Waals surface area contributed by atoms with Crippen LogP contribution in [-0.2, 0) is 0 Å². The molecule has 1 atom stereocenters. The van der Waals surface area contributed by atoms with Gasteiger partial charge in [0.2, 0.25) is 0 Å². The fourth-order valence-electron chi connectivity index (χ4n) is 3.08. The van der Waals surface area contributed by atoms with Crippen LogP contribution in [0.3, 0.4) is 0 Å². The molecule has 2 rings (SSSR count). The van der Waals surface area contributed by atoms with Gasteiger partial charge in [-0.3, -0.25) is 10.4 Å². The van der Waals surface area contributed by atoms with Crippen LogP contribution < -0.4 is 5.73 Å². The molecule has 2 aliphatic rings. The van der Waals surface area contributed by atoms with Crippen LogP contribution in [0.4, 0.5) is 0 Å². The van der Waals surface area contributed by atoms with Crippen LogP contribution in [0.1, 0.15) is 47.0 Å². The molecule has 0 amide bonds. The highest BCUT2D eigenvalue weighted by Gasteiger charge is 2.43. The molecule has 118 valence electrons. The molecule has 0 aliphatic heterocycles. The predicted molar refractivity (Wildman–Crippen MR) is 95.5 cm³/mol. The Bertz CT molecular complexity index is 615. The highest BCUT2D eigenvalue weighted by Crippen LogP contribution is 2.45. The molecule has 0 saturated heterocycles. The van der Waals surface area contributed by atoms with Gasteiger partial charge in [-0.05, 0) is 43.9 Å². The number of nitrogens with two attached hydrogens (primary N) is 1. The van der Waals surface area contributed by atoms with Gasteiger partial charge < -0.3 is 5.73 Å². The van der Waals surface area contributed by atoms with Gasteiger partial charge in [0.05, 0.1) is 17.0 Å².